The summed E-state index contributed by atoms with van der Waals surface area (Å²) in [6, 6.07) is 5.10. The van der Waals surface area contributed by atoms with Crippen LogP contribution in [-0.2, 0) is 0 Å². The van der Waals surface area contributed by atoms with E-state index in [9.17, 15) is 10.1 Å². The van der Waals surface area contributed by atoms with Gasteiger partial charge in [0.15, 0.2) is 0 Å². The minimum absolute atomic E-state index is 0.0781. The second-order valence-electron chi connectivity index (χ2n) is 3.69. The van der Waals surface area contributed by atoms with Gasteiger partial charge in [0.1, 0.15) is 5.82 Å². The zero-order valence-electron chi connectivity index (χ0n) is 9.02. The molecule has 0 atom stereocenters. The quantitative estimate of drug-likeness (QED) is 0.620. The molecule has 0 saturated carbocycles. The van der Waals surface area contributed by atoms with Crippen LogP contribution in [0.1, 0.15) is 11.3 Å². The van der Waals surface area contributed by atoms with Crippen molar-refractivity contribution in [3.8, 4) is 11.4 Å². The van der Waals surface area contributed by atoms with Crippen molar-refractivity contribution in [2.24, 2.45) is 0 Å². The van der Waals surface area contributed by atoms with E-state index < -0.39 is 0 Å². The van der Waals surface area contributed by atoms with Crippen molar-refractivity contribution in [3.05, 3.63) is 45.8 Å². The van der Waals surface area contributed by atoms with E-state index in [0.717, 1.165) is 11.3 Å². The van der Waals surface area contributed by atoms with Crippen LogP contribution in [-0.4, -0.2) is 14.9 Å². The number of imidazole rings is 1. The lowest BCUT2D eigenvalue weighted by molar-refractivity contribution is -0.384. The van der Waals surface area contributed by atoms with Crippen molar-refractivity contribution in [1.29, 1.82) is 0 Å². The molecule has 0 aliphatic heterocycles. The summed E-state index contributed by atoms with van der Waals surface area (Å²) < 4.78 is 0. The Morgan fingerprint density at radius 1 is 1.38 bits per heavy atom. The van der Waals surface area contributed by atoms with E-state index in [1.165, 1.54) is 0 Å². The van der Waals surface area contributed by atoms with Crippen LogP contribution in [0.4, 0.5) is 5.69 Å². The summed E-state index contributed by atoms with van der Waals surface area (Å²) in [6.45, 7) is 3.68. The van der Waals surface area contributed by atoms with Crippen LogP contribution in [0, 0.1) is 24.0 Å². The highest BCUT2D eigenvalue weighted by Gasteiger charge is 2.17. The molecule has 0 radical (unpaired) electrons. The van der Waals surface area contributed by atoms with E-state index in [2.05, 4.69) is 9.97 Å². The molecule has 5 heteroatoms. The van der Waals surface area contributed by atoms with Gasteiger partial charge in [-0.2, -0.15) is 0 Å². The predicted octanol–water partition coefficient (Wildman–Crippen LogP) is 2.60. The van der Waals surface area contributed by atoms with Crippen LogP contribution in [0.2, 0.25) is 0 Å². The number of nitro benzene ring substituents is 1. The second kappa shape index (κ2) is 3.77. The largest absolute Gasteiger partial charge is 0.342 e. The molecule has 0 amide bonds. The van der Waals surface area contributed by atoms with Crippen LogP contribution < -0.4 is 0 Å². The van der Waals surface area contributed by atoms with Gasteiger partial charge in [-0.3, -0.25) is 10.1 Å². The minimum Gasteiger partial charge on any atom is -0.342 e. The number of aromatic nitrogens is 2. The van der Waals surface area contributed by atoms with Crippen LogP contribution in [0.25, 0.3) is 11.4 Å². The van der Waals surface area contributed by atoms with Gasteiger partial charge in [0.25, 0.3) is 5.69 Å². The monoisotopic (exact) mass is 217 g/mol. The lowest BCUT2D eigenvalue weighted by Gasteiger charge is -2.00. The molecule has 1 N–H and O–H groups in total. The number of nitrogens with one attached hydrogen (secondary N) is 1. The molecule has 0 aliphatic carbocycles. The summed E-state index contributed by atoms with van der Waals surface area (Å²) in [5.74, 6) is 0.532. The molecule has 16 heavy (non-hydrogen) atoms. The third kappa shape index (κ3) is 1.79. The highest BCUT2D eigenvalue weighted by molar-refractivity contribution is 5.68. The van der Waals surface area contributed by atoms with Crippen molar-refractivity contribution < 1.29 is 4.92 Å². The molecule has 1 aromatic heterocycles. The number of rotatable bonds is 2. The maximum atomic E-state index is 10.9. The first kappa shape index (κ1) is 10.4. The van der Waals surface area contributed by atoms with Gasteiger partial charge in [-0.25, -0.2) is 4.98 Å². The van der Waals surface area contributed by atoms with Gasteiger partial charge in [-0.1, -0.05) is 6.07 Å². The molecule has 0 spiro atoms. The first-order chi connectivity index (χ1) is 7.58. The van der Waals surface area contributed by atoms with Crippen molar-refractivity contribution in [2.75, 3.05) is 0 Å². The zero-order chi connectivity index (χ0) is 11.7. The normalized spacial score (nSPS) is 10.4. The van der Waals surface area contributed by atoms with Gasteiger partial charge in [0.2, 0.25) is 0 Å². The van der Waals surface area contributed by atoms with E-state index >= 15 is 0 Å². The number of hydrogen-bond donors (Lipinski definition) is 1. The lowest BCUT2D eigenvalue weighted by Crippen LogP contribution is -1.93. The highest BCUT2D eigenvalue weighted by Crippen LogP contribution is 2.28. The SMILES string of the molecule is Cc1ccc(-c2ncc(C)[nH]2)c([N+](=O)[O-])c1. The highest BCUT2D eigenvalue weighted by atomic mass is 16.6. The number of nitrogens with zero attached hydrogens (tertiary/aromatic N) is 2. The third-order valence-electron chi connectivity index (χ3n) is 2.31. The summed E-state index contributed by atoms with van der Waals surface area (Å²) in [7, 11) is 0. The summed E-state index contributed by atoms with van der Waals surface area (Å²) in [4.78, 5) is 17.6. The molecule has 1 heterocycles. The molecule has 0 bridgehead atoms. The smallest absolute Gasteiger partial charge is 0.280 e. The standard InChI is InChI=1S/C11H11N3O2/c1-7-3-4-9(10(5-7)14(15)16)11-12-6-8(2)13-11/h3-6H,1-2H3,(H,12,13). The van der Waals surface area contributed by atoms with Gasteiger partial charge in [0.05, 0.1) is 10.5 Å². The van der Waals surface area contributed by atoms with E-state index in [-0.39, 0.29) is 10.6 Å². The topological polar surface area (TPSA) is 71.8 Å². The molecule has 0 aliphatic rings. The summed E-state index contributed by atoms with van der Waals surface area (Å²) in [6.07, 6.45) is 1.65. The lowest BCUT2D eigenvalue weighted by atomic mass is 10.1. The Labute approximate surface area is 92.3 Å². The number of aryl methyl sites for hydroxylation is 2. The summed E-state index contributed by atoms with van der Waals surface area (Å²) in [5, 5.41) is 10.9. The van der Waals surface area contributed by atoms with Crippen molar-refractivity contribution in [2.45, 2.75) is 13.8 Å². The molecule has 2 aromatic rings. The fourth-order valence-electron chi connectivity index (χ4n) is 1.54. The Kier molecular flexibility index (Phi) is 2.44. The number of H-pyrrole nitrogens is 1. The van der Waals surface area contributed by atoms with E-state index in [0.29, 0.717) is 11.4 Å². The van der Waals surface area contributed by atoms with E-state index in [1.54, 1.807) is 18.3 Å². The fraction of sp³-hybridized carbons (Fsp3) is 0.182. The summed E-state index contributed by atoms with van der Waals surface area (Å²) in [5.41, 5.74) is 2.33. The second-order valence-corrected chi connectivity index (χ2v) is 3.69. The predicted molar refractivity (Wildman–Crippen MR) is 60.2 cm³/mol. The molecule has 82 valence electrons. The number of aromatic amines is 1. The molecule has 0 saturated heterocycles. The molecule has 5 nitrogen and oxygen atoms in total. The van der Waals surface area contributed by atoms with E-state index in [1.807, 2.05) is 19.9 Å². The molecule has 0 fully saturated rings. The minimum atomic E-state index is -0.389. The van der Waals surface area contributed by atoms with Gasteiger partial charge in [-0.05, 0) is 25.5 Å². The average Bonchev–Trinajstić information content (AvgIpc) is 2.64. The average molecular weight is 217 g/mol. The Hall–Kier alpha value is -2.17. The Morgan fingerprint density at radius 3 is 2.69 bits per heavy atom. The zero-order valence-corrected chi connectivity index (χ0v) is 9.02. The van der Waals surface area contributed by atoms with Crippen LogP contribution in [0.15, 0.2) is 24.4 Å². The molecular formula is C11H11N3O2. The maximum absolute atomic E-state index is 10.9. The van der Waals surface area contributed by atoms with E-state index in [4.69, 9.17) is 0 Å². The number of nitro groups is 1. The molecule has 1 aromatic carbocycles. The Morgan fingerprint density at radius 2 is 2.12 bits per heavy atom. The maximum Gasteiger partial charge on any atom is 0.280 e. The van der Waals surface area contributed by atoms with Crippen LogP contribution >= 0.6 is 0 Å². The number of benzene rings is 1. The van der Waals surface area contributed by atoms with Gasteiger partial charge in [0, 0.05) is 18.0 Å². The molecule has 2 rings (SSSR count). The summed E-state index contributed by atoms with van der Waals surface area (Å²) >= 11 is 0. The van der Waals surface area contributed by atoms with Crippen molar-refractivity contribution >= 4 is 5.69 Å². The number of hydrogen-bond acceptors (Lipinski definition) is 3. The van der Waals surface area contributed by atoms with Gasteiger partial charge < -0.3 is 4.98 Å². The Balaban J connectivity index is 2.60. The first-order valence-corrected chi connectivity index (χ1v) is 4.85. The molecule has 0 unspecified atom stereocenters. The van der Waals surface area contributed by atoms with Crippen LogP contribution in [0.5, 0.6) is 0 Å². The third-order valence-corrected chi connectivity index (χ3v) is 2.31. The van der Waals surface area contributed by atoms with Gasteiger partial charge >= 0.3 is 0 Å². The fourth-order valence-corrected chi connectivity index (χ4v) is 1.54. The van der Waals surface area contributed by atoms with Crippen LogP contribution in [0.3, 0.4) is 0 Å². The Bertz CT molecular complexity index is 546. The van der Waals surface area contributed by atoms with Gasteiger partial charge in [-0.15, -0.1) is 0 Å². The molecular weight excluding hydrogens is 206 g/mol. The first-order valence-electron chi connectivity index (χ1n) is 4.85. The van der Waals surface area contributed by atoms with Crippen molar-refractivity contribution in [3.63, 3.8) is 0 Å². The van der Waals surface area contributed by atoms with Crippen molar-refractivity contribution in [1.82, 2.24) is 9.97 Å².